The van der Waals surface area contributed by atoms with Gasteiger partial charge in [-0.05, 0) is 31.1 Å². The van der Waals surface area contributed by atoms with Gasteiger partial charge in [0, 0.05) is 27.2 Å². The second-order valence-electron chi connectivity index (χ2n) is 5.88. The third-order valence-electron chi connectivity index (χ3n) is 4.44. The summed E-state index contributed by atoms with van der Waals surface area (Å²) in [5, 5.41) is 8.91. The topological polar surface area (TPSA) is 39.1 Å². The molecule has 5 heteroatoms. The van der Waals surface area contributed by atoms with Crippen LogP contribution in [0.1, 0.15) is 37.6 Å². The van der Waals surface area contributed by atoms with Crippen molar-refractivity contribution in [2.45, 2.75) is 39.0 Å². The summed E-state index contributed by atoms with van der Waals surface area (Å²) >= 11 is 6.48. The maximum absolute atomic E-state index is 6.48. The Morgan fingerprint density at radius 2 is 2.20 bits per heavy atom. The van der Waals surface area contributed by atoms with Gasteiger partial charge in [0.25, 0.3) is 0 Å². The first-order chi connectivity index (χ1) is 9.62. The number of ether oxygens (including phenoxy) is 1. The minimum atomic E-state index is 0.357. The normalized spacial score (nSPS) is 17.2. The van der Waals surface area contributed by atoms with Crippen LogP contribution < -0.4 is 5.32 Å². The van der Waals surface area contributed by atoms with Crippen molar-refractivity contribution in [2.75, 3.05) is 26.8 Å². The van der Waals surface area contributed by atoms with Gasteiger partial charge in [0.15, 0.2) is 0 Å². The van der Waals surface area contributed by atoms with Crippen LogP contribution in [0.4, 0.5) is 0 Å². The second kappa shape index (κ2) is 6.92. The number of nitrogens with zero attached hydrogens (tertiary/aromatic N) is 2. The summed E-state index contributed by atoms with van der Waals surface area (Å²) in [6, 6.07) is 0. The Morgan fingerprint density at radius 3 is 2.70 bits per heavy atom. The molecule has 0 saturated heterocycles. The maximum Gasteiger partial charge on any atom is 0.0849 e. The fraction of sp³-hybridized carbons (Fsp3) is 0.800. The standard InChI is InChI=1S/C15H26ClN3O/c1-4-12-14(16)13(19(2)18-12)10-15(6-5-7-15)11-17-8-9-20-3/h17H,4-11H2,1-3H3. The van der Waals surface area contributed by atoms with Crippen LogP contribution in [0.3, 0.4) is 0 Å². The van der Waals surface area contributed by atoms with Crippen molar-refractivity contribution in [3.05, 3.63) is 16.4 Å². The molecular weight excluding hydrogens is 274 g/mol. The zero-order valence-corrected chi connectivity index (χ0v) is 13.6. The molecule has 1 N–H and O–H groups in total. The van der Waals surface area contributed by atoms with E-state index in [1.165, 1.54) is 25.0 Å². The van der Waals surface area contributed by atoms with E-state index in [1.807, 2.05) is 11.7 Å². The molecule has 2 rings (SSSR count). The van der Waals surface area contributed by atoms with Gasteiger partial charge in [-0.15, -0.1) is 0 Å². The zero-order valence-electron chi connectivity index (χ0n) is 12.8. The van der Waals surface area contributed by atoms with Crippen LogP contribution in [0.25, 0.3) is 0 Å². The van der Waals surface area contributed by atoms with Crippen LogP contribution in [0.15, 0.2) is 0 Å². The number of hydrogen-bond donors (Lipinski definition) is 1. The highest BCUT2D eigenvalue weighted by molar-refractivity contribution is 6.31. The van der Waals surface area contributed by atoms with E-state index in [-0.39, 0.29) is 0 Å². The van der Waals surface area contributed by atoms with Crippen LogP contribution in [-0.2, 0) is 24.6 Å². The maximum atomic E-state index is 6.48. The van der Waals surface area contributed by atoms with Crippen molar-refractivity contribution in [3.8, 4) is 0 Å². The Morgan fingerprint density at radius 1 is 1.45 bits per heavy atom. The molecule has 1 aliphatic carbocycles. The summed E-state index contributed by atoms with van der Waals surface area (Å²) in [5.74, 6) is 0. The third-order valence-corrected chi connectivity index (χ3v) is 4.88. The highest BCUT2D eigenvalue weighted by Crippen LogP contribution is 2.44. The van der Waals surface area contributed by atoms with Crippen LogP contribution in [-0.4, -0.2) is 36.6 Å². The second-order valence-corrected chi connectivity index (χ2v) is 6.26. The lowest BCUT2D eigenvalue weighted by Gasteiger charge is -2.42. The number of halogens is 1. The molecule has 0 aromatic carbocycles. The third kappa shape index (κ3) is 3.35. The summed E-state index contributed by atoms with van der Waals surface area (Å²) in [4.78, 5) is 0. The van der Waals surface area contributed by atoms with Crippen molar-refractivity contribution >= 4 is 11.6 Å². The molecule has 0 aliphatic heterocycles. The van der Waals surface area contributed by atoms with Crippen LogP contribution >= 0.6 is 11.6 Å². The first-order valence-corrected chi connectivity index (χ1v) is 7.89. The SMILES string of the molecule is CCc1nn(C)c(CC2(CNCCOC)CCC2)c1Cl. The average Bonchev–Trinajstić information content (AvgIpc) is 2.67. The highest BCUT2D eigenvalue weighted by Gasteiger charge is 2.38. The summed E-state index contributed by atoms with van der Waals surface area (Å²) in [7, 11) is 3.74. The smallest absolute Gasteiger partial charge is 0.0849 e. The molecule has 0 radical (unpaired) electrons. The Bertz CT molecular complexity index is 441. The monoisotopic (exact) mass is 299 g/mol. The summed E-state index contributed by atoms with van der Waals surface area (Å²) in [6.45, 7) is 4.82. The quantitative estimate of drug-likeness (QED) is 0.750. The van der Waals surface area contributed by atoms with Crippen LogP contribution in [0.5, 0.6) is 0 Å². The van der Waals surface area contributed by atoms with Crippen molar-refractivity contribution in [1.29, 1.82) is 0 Å². The van der Waals surface area contributed by atoms with Crippen LogP contribution in [0, 0.1) is 5.41 Å². The lowest BCUT2D eigenvalue weighted by atomic mass is 9.66. The lowest BCUT2D eigenvalue weighted by molar-refractivity contribution is 0.120. The van der Waals surface area contributed by atoms with Crippen molar-refractivity contribution in [2.24, 2.45) is 12.5 Å². The number of aromatic nitrogens is 2. The molecule has 1 saturated carbocycles. The van der Waals surface area contributed by atoms with E-state index >= 15 is 0 Å². The molecule has 0 unspecified atom stereocenters. The van der Waals surface area contributed by atoms with Gasteiger partial charge in [-0.3, -0.25) is 4.68 Å². The van der Waals surface area contributed by atoms with Gasteiger partial charge in [0.1, 0.15) is 0 Å². The molecule has 0 amide bonds. The van der Waals surface area contributed by atoms with Gasteiger partial charge in [-0.2, -0.15) is 5.10 Å². The molecule has 1 fully saturated rings. The van der Waals surface area contributed by atoms with E-state index < -0.39 is 0 Å². The first-order valence-electron chi connectivity index (χ1n) is 7.52. The molecule has 1 aliphatic rings. The van der Waals surface area contributed by atoms with Gasteiger partial charge in [0.05, 0.1) is 23.0 Å². The Balaban J connectivity index is 2.01. The van der Waals surface area contributed by atoms with E-state index in [9.17, 15) is 0 Å². The molecular formula is C15H26ClN3O. The minimum Gasteiger partial charge on any atom is -0.383 e. The van der Waals surface area contributed by atoms with Crippen molar-refractivity contribution in [3.63, 3.8) is 0 Å². The summed E-state index contributed by atoms with van der Waals surface area (Å²) in [5.41, 5.74) is 2.57. The predicted octanol–water partition coefficient (Wildman–Crippen LogP) is 2.58. The number of methoxy groups -OCH3 is 1. The first kappa shape index (κ1) is 15.8. The molecule has 1 heterocycles. The Labute approximate surface area is 126 Å². The van der Waals surface area contributed by atoms with Gasteiger partial charge >= 0.3 is 0 Å². The largest absolute Gasteiger partial charge is 0.383 e. The summed E-state index contributed by atoms with van der Waals surface area (Å²) in [6.07, 6.45) is 5.79. The fourth-order valence-corrected chi connectivity index (χ4v) is 3.35. The number of hydrogen-bond acceptors (Lipinski definition) is 3. The molecule has 4 nitrogen and oxygen atoms in total. The van der Waals surface area contributed by atoms with E-state index in [2.05, 4.69) is 17.3 Å². The van der Waals surface area contributed by atoms with Crippen molar-refractivity contribution in [1.82, 2.24) is 15.1 Å². The zero-order chi connectivity index (χ0) is 14.6. The number of rotatable bonds is 8. The van der Waals surface area contributed by atoms with Crippen molar-refractivity contribution < 1.29 is 4.74 Å². The van der Waals surface area contributed by atoms with E-state index in [1.54, 1.807) is 7.11 Å². The average molecular weight is 300 g/mol. The number of aryl methyl sites for hydroxylation is 2. The molecule has 0 spiro atoms. The number of nitrogens with one attached hydrogen (secondary N) is 1. The van der Waals surface area contributed by atoms with Gasteiger partial charge in [-0.25, -0.2) is 0 Å². The van der Waals surface area contributed by atoms with E-state index in [0.29, 0.717) is 5.41 Å². The molecule has 0 atom stereocenters. The lowest BCUT2D eigenvalue weighted by Crippen LogP contribution is -2.43. The van der Waals surface area contributed by atoms with Gasteiger partial charge < -0.3 is 10.1 Å². The molecule has 114 valence electrons. The fourth-order valence-electron chi connectivity index (χ4n) is 2.99. The van der Waals surface area contributed by atoms with Gasteiger partial charge in [-0.1, -0.05) is 24.9 Å². The molecule has 1 aromatic heterocycles. The van der Waals surface area contributed by atoms with Gasteiger partial charge in [0.2, 0.25) is 0 Å². The molecule has 0 bridgehead atoms. The molecule has 1 aromatic rings. The Hall–Kier alpha value is -0.580. The minimum absolute atomic E-state index is 0.357. The Kier molecular flexibility index (Phi) is 5.47. The van der Waals surface area contributed by atoms with Crippen LogP contribution in [0.2, 0.25) is 5.02 Å². The predicted molar refractivity (Wildman–Crippen MR) is 82.3 cm³/mol. The van der Waals surface area contributed by atoms with E-state index in [4.69, 9.17) is 16.3 Å². The summed E-state index contributed by atoms with van der Waals surface area (Å²) < 4.78 is 7.05. The highest BCUT2D eigenvalue weighted by atomic mass is 35.5. The molecule has 20 heavy (non-hydrogen) atoms. The van der Waals surface area contributed by atoms with E-state index in [0.717, 1.165) is 43.3 Å².